The standard InChI is InChI=1S/2C35H43N4.C33H39N4.3CN.3Pt/c2*1-22(2)27-17-31(23(3)4)35(32(18-27)24(5)6)28-15-29(38-20-36(9)25(7)26(38)8)19-30(16-28)39-21-37(10)33-13-11-12-14-34(33)39;1-22(2)25-17-29(23(3)4)33(30(18-25)24(5)6)26-15-27(36-14-13-34(7)20-36)19-28(16-26)37-21-35(8)31-11-9-10-12-32(31)37;3*1-2;;;/h2*11-18,20-24H,1-10H3;9-18,20-24H,1-8H3;;;;;;/q3*-3;3*-1;3*+4. The molecule has 0 aliphatic carbocycles. The summed E-state index contributed by atoms with van der Waals surface area (Å²) in [5.41, 5.74) is 38.9. The molecule has 0 unspecified atom stereocenters. The van der Waals surface area contributed by atoms with Gasteiger partial charge in [-0.3, -0.25) is 0 Å². The van der Waals surface area contributed by atoms with Crippen molar-refractivity contribution in [3.05, 3.63) is 309 Å². The van der Waals surface area contributed by atoms with E-state index in [0.29, 0.717) is 53.3 Å². The van der Waals surface area contributed by atoms with E-state index in [0.717, 1.165) is 34.1 Å². The van der Waals surface area contributed by atoms with E-state index in [4.69, 9.17) is 35.5 Å². The van der Waals surface area contributed by atoms with Gasteiger partial charge in [-0.25, -0.2) is 0 Å². The third kappa shape index (κ3) is 21.2. The quantitative estimate of drug-likeness (QED) is 0.0760. The molecule has 654 valence electrons. The molecule has 15 nitrogen and oxygen atoms in total. The van der Waals surface area contributed by atoms with Gasteiger partial charge in [0.15, 0.2) is 0 Å². The molecule has 0 atom stereocenters. The smallest absolute Gasteiger partial charge is 0.512 e. The van der Waals surface area contributed by atoms with Gasteiger partial charge in [0.2, 0.25) is 0 Å². The van der Waals surface area contributed by atoms with Crippen molar-refractivity contribution in [1.82, 2.24) is 14.7 Å². The third-order valence-electron chi connectivity index (χ3n) is 24.0. The summed E-state index contributed by atoms with van der Waals surface area (Å²) in [7, 11) is 12.6. The van der Waals surface area contributed by atoms with Gasteiger partial charge < -0.3 is 94.3 Å². The molecule has 0 N–H and O–H groups in total. The van der Waals surface area contributed by atoms with Gasteiger partial charge in [0.05, 0.1) is 0 Å². The molecular weight excluding hydrogens is 2070 g/mol. The number of rotatable bonds is 18. The summed E-state index contributed by atoms with van der Waals surface area (Å²) in [6.07, 6.45) is 4.17. The van der Waals surface area contributed by atoms with Gasteiger partial charge in [-0.2, -0.15) is 40.0 Å². The number of nitrogens with zero attached hydrogens (tertiary/aromatic N) is 15. The number of hydrogen-bond acceptors (Lipinski definition) is 15. The summed E-state index contributed by atoms with van der Waals surface area (Å²) in [6, 6.07) is 65.7. The Morgan fingerprint density at radius 2 is 0.476 bits per heavy atom. The van der Waals surface area contributed by atoms with E-state index in [1.165, 1.54) is 140 Å². The summed E-state index contributed by atoms with van der Waals surface area (Å²) in [5.74, 6) is 3.93. The summed E-state index contributed by atoms with van der Waals surface area (Å²) in [6.45, 7) is 77.5. The molecule has 0 fully saturated rings. The van der Waals surface area contributed by atoms with E-state index in [1.54, 1.807) is 0 Å². The summed E-state index contributed by atoms with van der Waals surface area (Å²) in [4.78, 5) is 26.6. The fourth-order valence-corrected chi connectivity index (χ4v) is 16.7. The summed E-state index contributed by atoms with van der Waals surface area (Å²) >= 11 is 0. The molecule has 18 heteroatoms. The van der Waals surface area contributed by atoms with Crippen molar-refractivity contribution in [1.29, 1.82) is 15.8 Å². The Labute approximate surface area is 789 Å². The number of fused-ring (bicyclic) bond motifs is 3. The van der Waals surface area contributed by atoms with Crippen LogP contribution in [0.1, 0.15) is 256 Å². The fraction of sp³-hybridized carbons (Fsp3) is 0.349. The van der Waals surface area contributed by atoms with Crippen LogP contribution in [0.15, 0.2) is 181 Å². The maximum absolute atomic E-state index is 6.25. The molecule has 0 bridgehead atoms. The average molecular weight is 2190 g/mol. The Balaban J connectivity index is 0.000000245. The van der Waals surface area contributed by atoms with E-state index in [1.807, 2.05) is 0 Å². The molecular formula is C106H125N15Pt3. The van der Waals surface area contributed by atoms with Crippen molar-refractivity contribution in [3.63, 3.8) is 0 Å². The van der Waals surface area contributed by atoms with Crippen LogP contribution in [0, 0.1) is 93.7 Å². The van der Waals surface area contributed by atoms with Gasteiger partial charge >= 0.3 is 63.2 Å². The van der Waals surface area contributed by atoms with Crippen molar-refractivity contribution < 1.29 is 63.2 Å². The van der Waals surface area contributed by atoms with Crippen LogP contribution in [0.25, 0.3) is 33.4 Å². The number of anilines is 12. The molecule has 0 saturated carbocycles. The molecule has 9 aromatic rings. The van der Waals surface area contributed by atoms with E-state index in [-0.39, 0.29) is 63.2 Å². The van der Waals surface area contributed by atoms with Crippen LogP contribution in [0.5, 0.6) is 0 Å². The first kappa shape index (κ1) is 101. The van der Waals surface area contributed by atoms with E-state index >= 15 is 0 Å². The van der Waals surface area contributed by atoms with E-state index in [9.17, 15) is 0 Å². The Kier molecular flexibility index (Phi) is 35.6. The van der Waals surface area contributed by atoms with Crippen LogP contribution in [0.3, 0.4) is 0 Å². The molecule has 124 heavy (non-hydrogen) atoms. The minimum absolute atomic E-state index is 0. The van der Waals surface area contributed by atoms with Crippen LogP contribution in [-0.2, 0) is 63.2 Å². The van der Waals surface area contributed by atoms with Crippen LogP contribution in [0.2, 0.25) is 0 Å². The molecule has 0 radical (unpaired) electrons. The fourth-order valence-electron chi connectivity index (χ4n) is 16.7. The number of benzene rings is 9. The first-order valence-electron chi connectivity index (χ1n) is 42.5. The largest absolute Gasteiger partial charge is 4.00 e. The molecule has 0 spiro atoms. The van der Waals surface area contributed by atoms with Crippen LogP contribution in [0.4, 0.5) is 68.2 Å². The Bertz CT molecular complexity index is 5030. The number of allylic oxidation sites excluding steroid dienone is 4. The Morgan fingerprint density at radius 1 is 0.258 bits per heavy atom. The normalized spacial score (nSPS) is 14.4. The van der Waals surface area contributed by atoms with Crippen LogP contribution < -0.4 is 44.1 Å². The summed E-state index contributed by atoms with van der Waals surface area (Å²) in [5, 5.41) is 18.8. The molecule has 15 rings (SSSR count). The second-order valence-corrected chi connectivity index (χ2v) is 35.3. The predicted molar refractivity (Wildman–Crippen MR) is 507 cm³/mol. The number of para-hydroxylation sites is 6. The van der Waals surface area contributed by atoms with Crippen LogP contribution >= 0.6 is 0 Å². The van der Waals surface area contributed by atoms with Crippen molar-refractivity contribution >= 4 is 68.2 Å². The minimum Gasteiger partial charge on any atom is -0.512 e. The van der Waals surface area contributed by atoms with Crippen molar-refractivity contribution in [3.8, 4) is 33.4 Å². The van der Waals surface area contributed by atoms with Crippen LogP contribution in [-0.4, -0.2) is 57.0 Å². The predicted octanol–water partition coefficient (Wildman–Crippen LogP) is 27.6. The number of hydrogen-bond donors (Lipinski definition) is 0. The van der Waals surface area contributed by atoms with Gasteiger partial charge in [0, 0.05) is 45.5 Å². The minimum atomic E-state index is 0. The Hall–Kier alpha value is -9.67. The van der Waals surface area contributed by atoms with Gasteiger partial charge in [0.1, 0.15) is 0 Å². The molecule has 0 saturated heterocycles. The van der Waals surface area contributed by atoms with Gasteiger partial charge in [-0.05, 0) is 250 Å². The molecule has 6 heterocycles. The zero-order valence-corrected chi connectivity index (χ0v) is 84.6. The monoisotopic (exact) mass is 2190 g/mol. The second kappa shape index (κ2) is 43.5. The molecule has 0 aromatic heterocycles. The topological polar surface area (TPSA) is 110 Å². The molecule has 9 aromatic carbocycles. The van der Waals surface area contributed by atoms with Gasteiger partial charge in [-0.15, -0.1) is 105 Å². The Morgan fingerprint density at radius 3 is 0.685 bits per heavy atom. The van der Waals surface area contributed by atoms with Crippen molar-refractivity contribution in [2.24, 2.45) is 0 Å². The second-order valence-electron chi connectivity index (χ2n) is 35.3. The maximum atomic E-state index is 6.25. The SMILES string of the molecule is CC(C)c1cc(C(C)C)c(-c2cc(N3C=CN(C)[CH-]3)[c-]c(N3[CH-]N(C)c4ccccc43)c2)c(C(C)C)c1.CC1=C(C)N(c2[c-]c(N3[CH-]N(C)c4ccccc43)cc(-c3c(C(C)C)cc(C(C)C)cc3C(C)C)c2)[CH-]N1C.CC1=C(C)N(c2[c-]c(N3[CH-]N(C)c4ccccc43)cc(-c3c(C(C)C)cc(C(C)C)cc3C(C)C)c2)[CH-]N1C.[C-]#N.[C-]#N.[C-]#N.[Pt+4].[Pt+4].[Pt+4]. The van der Waals surface area contributed by atoms with Gasteiger partial charge in [-0.1, -0.05) is 197 Å². The first-order valence-corrected chi connectivity index (χ1v) is 42.5. The maximum Gasteiger partial charge on any atom is 4.00 e. The molecule has 6 aliphatic rings. The summed E-state index contributed by atoms with van der Waals surface area (Å²) < 4.78 is 0. The average Bonchev–Trinajstić information content (AvgIpc) is 1.53. The van der Waals surface area contributed by atoms with Crippen molar-refractivity contribution in [2.45, 2.75) is 206 Å². The zero-order valence-electron chi connectivity index (χ0n) is 77.8. The molecule has 0 amide bonds. The van der Waals surface area contributed by atoms with Crippen molar-refractivity contribution in [2.75, 3.05) is 86.4 Å². The molecule has 6 aliphatic heterocycles. The first-order chi connectivity index (χ1) is 57.6. The third-order valence-corrected chi connectivity index (χ3v) is 24.0. The van der Waals surface area contributed by atoms with Gasteiger partial charge in [0.25, 0.3) is 0 Å². The van der Waals surface area contributed by atoms with E-state index < -0.39 is 0 Å². The zero-order chi connectivity index (χ0) is 88.8. The van der Waals surface area contributed by atoms with E-state index in [2.05, 4.69) is 470 Å².